The molecule has 0 aliphatic carbocycles. The number of sulfone groups is 1. The SMILES string of the molecule is Cc1ccc(C(=O)N[C@@H](CSCCN)C(=O)N2CCS(=O)(=O)CC2)cc1. The van der Waals surface area contributed by atoms with Crippen molar-refractivity contribution in [2.45, 2.75) is 13.0 Å². The molecule has 0 spiro atoms. The average Bonchev–Trinajstić information content (AvgIpc) is 2.61. The van der Waals surface area contributed by atoms with Crippen LogP contribution in [0.4, 0.5) is 0 Å². The van der Waals surface area contributed by atoms with Gasteiger partial charge in [-0.2, -0.15) is 11.8 Å². The highest BCUT2D eigenvalue weighted by Gasteiger charge is 2.30. The van der Waals surface area contributed by atoms with Crippen molar-refractivity contribution in [2.24, 2.45) is 5.73 Å². The molecule has 2 rings (SSSR count). The second-order valence-electron chi connectivity index (χ2n) is 6.23. The van der Waals surface area contributed by atoms with Gasteiger partial charge in [-0.15, -0.1) is 0 Å². The van der Waals surface area contributed by atoms with E-state index in [1.165, 1.54) is 16.7 Å². The fourth-order valence-electron chi connectivity index (χ4n) is 2.56. The lowest BCUT2D eigenvalue weighted by Gasteiger charge is -2.30. The predicted molar refractivity (Wildman–Crippen MR) is 104 cm³/mol. The molecule has 0 saturated carbocycles. The Hall–Kier alpha value is -1.58. The van der Waals surface area contributed by atoms with Crippen molar-refractivity contribution < 1.29 is 18.0 Å². The predicted octanol–water partition coefficient (Wildman–Crippen LogP) is 0.0423. The van der Waals surface area contributed by atoms with E-state index in [0.717, 1.165) is 5.56 Å². The molecule has 0 bridgehead atoms. The Kier molecular flexibility index (Phi) is 7.48. The van der Waals surface area contributed by atoms with E-state index in [1.807, 2.05) is 19.1 Å². The van der Waals surface area contributed by atoms with Gasteiger partial charge in [-0.3, -0.25) is 9.59 Å². The second kappa shape index (κ2) is 9.38. The molecule has 0 unspecified atom stereocenters. The molecule has 1 saturated heterocycles. The molecule has 1 aliphatic heterocycles. The molecule has 1 aromatic carbocycles. The zero-order valence-corrected chi connectivity index (χ0v) is 16.4. The summed E-state index contributed by atoms with van der Waals surface area (Å²) in [4.78, 5) is 26.8. The number of aryl methyl sites for hydroxylation is 1. The summed E-state index contributed by atoms with van der Waals surface area (Å²) in [6.45, 7) is 2.75. The maximum absolute atomic E-state index is 12.8. The van der Waals surface area contributed by atoms with Gasteiger partial charge in [0.25, 0.3) is 5.91 Å². The van der Waals surface area contributed by atoms with Crippen LogP contribution in [0.2, 0.25) is 0 Å². The van der Waals surface area contributed by atoms with Crippen LogP contribution < -0.4 is 11.1 Å². The molecule has 144 valence electrons. The number of hydrogen-bond donors (Lipinski definition) is 2. The number of hydrogen-bond acceptors (Lipinski definition) is 6. The molecule has 7 nitrogen and oxygen atoms in total. The highest BCUT2D eigenvalue weighted by Crippen LogP contribution is 2.11. The molecule has 2 amide bonds. The Morgan fingerprint density at radius 2 is 1.85 bits per heavy atom. The highest BCUT2D eigenvalue weighted by atomic mass is 32.2. The van der Waals surface area contributed by atoms with Crippen LogP contribution in [0, 0.1) is 6.92 Å². The number of rotatable bonds is 7. The lowest BCUT2D eigenvalue weighted by Crippen LogP contribution is -2.53. The molecule has 1 aliphatic rings. The summed E-state index contributed by atoms with van der Waals surface area (Å²) in [5.74, 6) is 0.446. The van der Waals surface area contributed by atoms with Crippen molar-refractivity contribution >= 4 is 33.4 Å². The van der Waals surface area contributed by atoms with Crippen LogP contribution in [0.25, 0.3) is 0 Å². The largest absolute Gasteiger partial charge is 0.339 e. The van der Waals surface area contributed by atoms with Gasteiger partial charge in [-0.1, -0.05) is 17.7 Å². The molecule has 0 radical (unpaired) electrons. The first-order chi connectivity index (χ1) is 12.3. The monoisotopic (exact) mass is 399 g/mol. The van der Waals surface area contributed by atoms with Crippen molar-refractivity contribution in [1.29, 1.82) is 0 Å². The first-order valence-corrected chi connectivity index (χ1v) is 11.4. The van der Waals surface area contributed by atoms with E-state index in [4.69, 9.17) is 5.73 Å². The summed E-state index contributed by atoms with van der Waals surface area (Å²) in [5.41, 5.74) is 7.03. The topological polar surface area (TPSA) is 110 Å². The number of carbonyl (C=O) groups excluding carboxylic acids is 2. The Bertz CT molecular complexity index is 721. The molecule has 1 atom stereocenters. The van der Waals surface area contributed by atoms with Crippen LogP contribution in [-0.2, 0) is 14.6 Å². The molecular weight excluding hydrogens is 374 g/mol. The summed E-state index contributed by atoms with van der Waals surface area (Å²) in [6.07, 6.45) is 0. The number of thioether (sulfide) groups is 1. The van der Waals surface area contributed by atoms with E-state index in [2.05, 4.69) is 5.32 Å². The van der Waals surface area contributed by atoms with Crippen LogP contribution in [0.15, 0.2) is 24.3 Å². The van der Waals surface area contributed by atoms with Crippen molar-refractivity contribution in [3.05, 3.63) is 35.4 Å². The second-order valence-corrected chi connectivity index (χ2v) is 9.69. The molecule has 1 heterocycles. The number of nitrogens with one attached hydrogen (secondary N) is 1. The van der Waals surface area contributed by atoms with E-state index >= 15 is 0 Å². The van der Waals surface area contributed by atoms with Crippen LogP contribution in [0.3, 0.4) is 0 Å². The third-order valence-electron chi connectivity index (χ3n) is 4.12. The van der Waals surface area contributed by atoms with E-state index < -0.39 is 15.9 Å². The summed E-state index contributed by atoms with van der Waals surface area (Å²) in [7, 11) is -3.07. The minimum absolute atomic E-state index is 0.0344. The summed E-state index contributed by atoms with van der Waals surface area (Å²) < 4.78 is 23.1. The van der Waals surface area contributed by atoms with E-state index in [-0.39, 0.29) is 36.4 Å². The van der Waals surface area contributed by atoms with Crippen molar-refractivity contribution in [3.8, 4) is 0 Å². The number of carbonyl (C=O) groups is 2. The van der Waals surface area contributed by atoms with Gasteiger partial charge in [0.1, 0.15) is 6.04 Å². The van der Waals surface area contributed by atoms with Crippen LogP contribution in [0.1, 0.15) is 15.9 Å². The number of nitrogens with two attached hydrogens (primary N) is 1. The van der Waals surface area contributed by atoms with Gasteiger partial charge in [-0.25, -0.2) is 8.42 Å². The fraction of sp³-hybridized carbons (Fsp3) is 0.529. The van der Waals surface area contributed by atoms with Gasteiger partial charge < -0.3 is 16.0 Å². The Labute approximate surface area is 158 Å². The molecule has 0 aromatic heterocycles. The molecule has 1 fully saturated rings. The first-order valence-electron chi connectivity index (χ1n) is 8.47. The average molecular weight is 400 g/mol. The van der Waals surface area contributed by atoms with Crippen LogP contribution >= 0.6 is 11.8 Å². The summed E-state index contributed by atoms with van der Waals surface area (Å²) in [5, 5.41) is 2.79. The fourth-order valence-corrected chi connectivity index (χ4v) is 4.56. The Morgan fingerprint density at radius 3 is 2.42 bits per heavy atom. The maximum atomic E-state index is 12.8. The number of benzene rings is 1. The highest BCUT2D eigenvalue weighted by molar-refractivity contribution is 7.99. The zero-order chi connectivity index (χ0) is 19.2. The van der Waals surface area contributed by atoms with Gasteiger partial charge in [0.05, 0.1) is 11.5 Å². The summed E-state index contributed by atoms with van der Waals surface area (Å²) >= 11 is 1.49. The van der Waals surface area contributed by atoms with Gasteiger partial charge in [-0.05, 0) is 19.1 Å². The number of nitrogens with zero attached hydrogens (tertiary/aromatic N) is 1. The van der Waals surface area contributed by atoms with Crippen LogP contribution in [-0.4, -0.2) is 73.8 Å². The summed E-state index contributed by atoms with van der Waals surface area (Å²) in [6, 6.07) is 6.40. The molecule has 3 N–H and O–H groups in total. The van der Waals surface area contributed by atoms with Gasteiger partial charge >= 0.3 is 0 Å². The van der Waals surface area contributed by atoms with E-state index in [9.17, 15) is 18.0 Å². The van der Waals surface area contributed by atoms with Gasteiger partial charge in [0, 0.05) is 36.7 Å². The van der Waals surface area contributed by atoms with Crippen LogP contribution in [0.5, 0.6) is 0 Å². The third-order valence-corrected chi connectivity index (χ3v) is 6.82. The number of amides is 2. The van der Waals surface area contributed by atoms with E-state index in [1.54, 1.807) is 12.1 Å². The first kappa shape index (κ1) is 20.7. The quantitative estimate of drug-likeness (QED) is 0.627. The standard InChI is InChI=1S/C17H25N3O4S2/c1-13-2-4-14(5-3-13)16(21)19-15(12-25-9-6-18)17(22)20-7-10-26(23,24)11-8-20/h2-5,15H,6-12,18H2,1H3,(H,19,21)/t15-/m0/s1. The smallest absolute Gasteiger partial charge is 0.251 e. The lowest BCUT2D eigenvalue weighted by molar-refractivity contribution is -0.132. The Morgan fingerprint density at radius 1 is 1.23 bits per heavy atom. The minimum atomic E-state index is -3.07. The van der Waals surface area contributed by atoms with Gasteiger partial charge in [0.15, 0.2) is 9.84 Å². The molecular formula is C17H25N3O4S2. The normalized spacial score (nSPS) is 17.5. The molecule has 9 heteroatoms. The van der Waals surface area contributed by atoms with Crippen molar-refractivity contribution in [3.63, 3.8) is 0 Å². The van der Waals surface area contributed by atoms with Crippen molar-refractivity contribution in [2.75, 3.05) is 42.6 Å². The third kappa shape index (κ3) is 6.00. The minimum Gasteiger partial charge on any atom is -0.339 e. The lowest BCUT2D eigenvalue weighted by atomic mass is 10.1. The van der Waals surface area contributed by atoms with E-state index in [0.29, 0.717) is 23.6 Å². The van der Waals surface area contributed by atoms with Crippen molar-refractivity contribution in [1.82, 2.24) is 10.2 Å². The Balaban J connectivity index is 2.05. The zero-order valence-electron chi connectivity index (χ0n) is 14.8. The molecule has 26 heavy (non-hydrogen) atoms. The molecule has 1 aromatic rings. The maximum Gasteiger partial charge on any atom is 0.251 e. The van der Waals surface area contributed by atoms with Gasteiger partial charge in [0.2, 0.25) is 5.91 Å².